The predicted molar refractivity (Wildman–Crippen MR) is 55.6 cm³/mol. The average molecular weight is 234 g/mol. The second-order valence-corrected chi connectivity index (χ2v) is 4.57. The number of aliphatic hydroxyl groups excluding tert-OH is 1. The molecule has 0 unspecified atom stereocenters. The molecule has 0 aliphatic rings. The Morgan fingerprint density at radius 1 is 1.46 bits per heavy atom. The second-order valence-electron chi connectivity index (χ2n) is 2.53. The Morgan fingerprint density at radius 3 is 2.92 bits per heavy atom. The number of rotatable bonds is 1. The minimum atomic E-state index is -0.0479. The molecular formula is C8H5Cl2NOS. The van der Waals surface area contributed by atoms with E-state index in [-0.39, 0.29) is 6.61 Å². The lowest BCUT2D eigenvalue weighted by molar-refractivity contribution is 0.283. The van der Waals surface area contributed by atoms with Gasteiger partial charge in [-0.25, -0.2) is 4.98 Å². The van der Waals surface area contributed by atoms with E-state index in [1.165, 1.54) is 11.3 Å². The molecule has 0 aromatic carbocycles. The molecule has 0 radical (unpaired) electrons. The summed E-state index contributed by atoms with van der Waals surface area (Å²) in [6.45, 7) is -0.0479. The van der Waals surface area contributed by atoms with Crippen LogP contribution in [0.25, 0.3) is 10.1 Å². The molecule has 0 fully saturated rings. The fraction of sp³-hybridized carbons (Fsp3) is 0.125. The summed E-state index contributed by atoms with van der Waals surface area (Å²) in [6.07, 6.45) is 1.56. The van der Waals surface area contributed by atoms with E-state index in [4.69, 9.17) is 28.3 Å². The fourth-order valence-corrected chi connectivity index (χ4v) is 2.56. The molecule has 0 aliphatic carbocycles. The summed E-state index contributed by atoms with van der Waals surface area (Å²) in [5, 5.41) is 10.3. The first-order chi connectivity index (χ1) is 6.22. The molecule has 2 aromatic rings. The van der Waals surface area contributed by atoms with E-state index < -0.39 is 0 Å². The standard InChI is InChI=1S/C8H5Cl2NOS/c9-6-1-5-4(3-12)2-11-8(10)7(5)13-6/h1-2,12H,3H2. The van der Waals surface area contributed by atoms with Crippen LogP contribution >= 0.6 is 34.5 Å². The number of aliphatic hydroxyl groups is 1. The molecule has 2 aromatic heterocycles. The molecule has 0 saturated carbocycles. The third-order valence-electron chi connectivity index (χ3n) is 1.74. The molecule has 0 saturated heterocycles. The minimum Gasteiger partial charge on any atom is -0.392 e. The summed E-state index contributed by atoms with van der Waals surface area (Å²) in [5.74, 6) is 0. The van der Waals surface area contributed by atoms with E-state index in [1.54, 1.807) is 12.3 Å². The largest absolute Gasteiger partial charge is 0.392 e. The van der Waals surface area contributed by atoms with Gasteiger partial charge in [-0.2, -0.15) is 0 Å². The van der Waals surface area contributed by atoms with Gasteiger partial charge in [-0.05, 0) is 6.07 Å². The lowest BCUT2D eigenvalue weighted by atomic mass is 10.2. The number of nitrogens with zero attached hydrogens (tertiary/aromatic N) is 1. The molecule has 0 aliphatic heterocycles. The zero-order valence-electron chi connectivity index (χ0n) is 6.42. The van der Waals surface area contributed by atoms with Crippen LogP contribution in [0.1, 0.15) is 5.56 Å². The van der Waals surface area contributed by atoms with E-state index in [9.17, 15) is 0 Å². The number of thiophene rings is 1. The molecular weight excluding hydrogens is 229 g/mol. The molecule has 0 amide bonds. The van der Waals surface area contributed by atoms with Crippen LogP contribution in [-0.4, -0.2) is 10.1 Å². The first-order valence-corrected chi connectivity index (χ1v) is 5.13. The van der Waals surface area contributed by atoms with Crippen LogP contribution in [0.2, 0.25) is 9.49 Å². The molecule has 0 atom stereocenters. The summed E-state index contributed by atoms with van der Waals surface area (Å²) in [6, 6.07) is 1.79. The molecule has 2 nitrogen and oxygen atoms in total. The summed E-state index contributed by atoms with van der Waals surface area (Å²) in [5.41, 5.74) is 0.752. The summed E-state index contributed by atoms with van der Waals surface area (Å²) < 4.78 is 1.48. The van der Waals surface area contributed by atoms with Crippen molar-refractivity contribution in [3.8, 4) is 0 Å². The summed E-state index contributed by atoms with van der Waals surface area (Å²) in [7, 11) is 0. The van der Waals surface area contributed by atoms with Crippen molar-refractivity contribution in [2.75, 3.05) is 0 Å². The van der Waals surface area contributed by atoms with Crippen molar-refractivity contribution in [1.82, 2.24) is 4.98 Å². The maximum absolute atomic E-state index is 9.01. The lowest BCUT2D eigenvalue weighted by Crippen LogP contribution is -1.85. The molecule has 1 N–H and O–H groups in total. The van der Waals surface area contributed by atoms with Crippen molar-refractivity contribution in [2.24, 2.45) is 0 Å². The van der Waals surface area contributed by atoms with Crippen molar-refractivity contribution in [3.05, 3.63) is 27.3 Å². The zero-order valence-corrected chi connectivity index (χ0v) is 8.75. The molecule has 68 valence electrons. The molecule has 2 heterocycles. The van der Waals surface area contributed by atoms with Crippen LogP contribution in [0.4, 0.5) is 0 Å². The highest BCUT2D eigenvalue weighted by Gasteiger charge is 2.08. The Kier molecular flexibility index (Phi) is 2.43. The summed E-state index contributed by atoms with van der Waals surface area (Å²) in [4.78, 5) is 3.95. The van der Waals surface area contributed by atoms with Crippen LogP contribution in [0, 0.1) is 0 Å². The molecule has 0 spiro atoms. The fourth-order valence-electron chi connectivity index (χ4n) is 1.14. The lowest BCUT2D eigenvalue weighted by Gasteiger charge is -1.98. The van der Waals surface area contributed by atoms with Crippen LogP contribution in [0.3, 0.4) is 0 Å². The monoisotopic (exact) mass is 233 g/mol. The quantitative estimate of drug-likeness (QED) is 0.769. The maximum atomic E-state index is 9.01. The van der Waals surface area contributed by atoms with Gasteiger partial charge in [0.2, 0.25) is 0 Å². The van der Waals surface area contributed by atoms with Crippen molar-refractivity contribution in [2.45, 2.75) is 6.61 Å². The number of hydrogen-bond donors (Lipinski definition) is 1. The Bertz CT molecular complexity index is 455. The SMILES string of the molecule is OCc1cnc(Cl)c2sc(Cl)cc12. The zero-order chi connectivity index (χ0) is 9.42. The van der Waals surface area contributed by atoms with Gasteiger partial charge in [0.25, 0.3) is 0 Å². The third-order valence-corrected chi connectivity index (χ3v) is 3.41. The van der Waals surface area contributed by atoms with Crippen molar-refractivity contribution in [1.29, 1.82) is 0 Å². The van der Waals surface area contributed by atoms with Crippen molar-refractivity contribution in [3.63, 3.8) is 0 Å². The highest BCUT2D eigenvalue weighted by molar-refractivity contribution is 7.23. The van der Waals surface area contributed by atoms with Crippen LogP contribution < -0.4 is 0 Å². The number of fused-ring (bicyclic) bond motifs is 1. The van der Waals surface area contributed by atoms with E-state index >= 15 is 0 Å². The van der Waals surface area contributed by atoms with Gasteiger partial charge in [0.05, 0.1) is 15.6 Å². The van der Waals surface area contributed by atoms with Crippen molar-refractivity contribution < 1.29 is 5.11 Å². The van der Waals surface area contributed by atoms with E-state index in [0.717, 1.165) is 15.6 Å². The van der Waals surface area contributed by atoms with Crippen molar-refractivity contribution >= 4 is 44.6 Å². The van der Waals surface area contributed by atoms with Crippen LogP contribution in [0.15, 0.2) is 12.3 Å². The Morgan fingerprint density at radius 2 is 2.23 bits per heavy atom. The van der Waals surface area contributed by atoms with E-state index in [1.807, 2.05) is 0 Å². The summed E-state index contributed by atoms with van der Waals surface area (Å²) >= 11 is 13.1. The van der Waals surface area contributed by atoms with Gasteiger partial charge in [0.1, 0.15) is 5.15 Å². The Hall–Kier alpha value is -0.350. The highest BCUT2D eigenvalue weighted by Crippen LogP contribution is 2.35. The third kappa shape index (κ3) is 1.53. The van der Waals surface area contributed by atoms with E-state index in [2.05, 4.69) is 4.98 Å². The molecule has 13 heavy (non-hydrogen) atoms. The van der Waals surface area contributed by atoms with Gasteiger partial charge in [0.15, 0.2) is 0 Å². The second kappa shape index (κ2) is 3.42. The number of halogens is 2. The predicted octanol–water partition coefficient (Wildman–Crippen LogP) is 3.10. The van der Waals surface area contributed by atoms with Gasteiger partial charge in [-0.3, -0.25) is 0 Å². The normalized spacial score (nSPS) is 11.0. The average Bonchev–Trinajstić information content (AvgIpc) is 2.48. The number of aromatic nitrogens is 1. The topological polar surface area (TPSA) is 33.1 Å². The smallest absolute Gasteiger partial charge is 0.146 e. The first-order valence-electron chi connectivity index (χ1n) is 3.55. The number of pyridine rings is 1. The minimum absolute atomic E-state index is 0.0479. The Labute approximate surface area is 88.7 Å². The maximum Gasteiger partial charge on any atom is 0.146 e. The van der Waals surface area contributed by atoms with Gasteiger partial charge in [0, 0.05) is 17.1 Å². The van der Waals surface area contributed by atoms with Gasteiger partial charge >= 0.3 is 0 Å². The highest BCUT2D eigenvalue weighted by atomic mass is 35.5. The van der Waals surface area contributed by atoms with Crippen LogP contribution in [0.5, 0.6) is 0 Å². The molecule has 2 rings (SSSR count). The number of hydrogen-bond acceptors (Lipinski definition) is 3. The first kappa shape index (κ1) is 9.21. The van der Waals surface area contributed by atoms with Gasteiger partial charge in [-0.15, -0.1) is 11.3 Å². The molecule has 0 bridgehead atoms. The van der Waals surface area contributed by atoms with E-state index in [0.29, 0.717) is 9.49 Å². The van der Waals surface area contributed by atoms with Gasteiger partial charge in [-0.1, -0.05) is 23.2 Å². The van der Waals surface area contributed by atoms with Gasteiger partial charge < -0.3 is 5.11 Å². The Balaban J connectivity index is 2.83. The van der Waals surface area contributed by atoms with Crippen LogP contribution in [-0.2, 0) is 6.61 Å². The molecule has 5 heteroatoms.